The van der Waals surface area contributed by atoms with Crippen LogP contribution in [0.15, 0.2) is 18.2 Å². The van der Waals surface area contributed by atoms with Crippen LogP contribution in [0.2, 0.25) is 0 Å². The zero-order chi connectivity index (χ0) is 11.4. The molecule has 0 saturated heterocycles. The molecule has 0 spiro atoms. The average Bonchev–Trinajstić information content (AvgIpc) is 2.16. The Morgan fingerprint density at radius 2 is 1.80 bits per heavy atom. The van der Waals surface area contributed by atoms with E-state index in [4.69, 9.17) is 21.1 Å². The van der Waals surface area contributed by atoms with Gasteiger partial charge >= 0.3 is 5.97 Å². The van der Waals surface area contributed by atoms with Gasteiger partial charge < -0.3 is 9.47 Å². The highest BCUT2D eigenvalue weighted by Crippen LogP contribution is 2.23. The van der Waals surface area contributed by atoms with E-state index in [0.717, 1.165) is 0 Å². The van der Waals surface area contributed by atoms with Gasteiger partial charge in [-0.1, -0.05) is 0 Å². The van der Waals surface area contributed by atoms with Crippen molar-refractivity contribution in [3.8, 4) is 11.5 Å². The second-order valence-electron chi connectivity index (χ2n) is 2.76. The minimum Gasteiger partial charge on any atom is -0.497 e. The maximum Gasteiger partial charge on any atom is 0.308 e. The van der Waals surface area contributed by atoms with Crippen LogP contribution in [-0.4, -0.2) is 18.3 Å². The van der Waals surface area contributed by atoms with Crippen molar-refractivity contribution in [2.24, 2.45) is 0 Å². The van der Waals surface area contributed by atoms with E-state index in [2.05, 4.69) is 0 Å². The fourth-order valence-electron chi connectivity index (χ4n) is 1.03. The molecule has 0 unspecified atom stereocenters. The lowest BCUT2D eigenvalue weighted by Gasteiger charge is -2.06. The van der Waals surface area contributed by atoms with E-state index >= 15 is 0 Å². The monoisotopic (exact) mass is 228 g/mol. The van der Waals surface area contributed by atoms with Gasteiger partial charge in [0.05, 0.1) is 7.11 Å². The van der Waals surface area contributed by atoms with Gasteiger partial charge in [-0.2, -0.15) is 0 Å². The van der Waals surface area contributed by atoms with Crippen LogP contribution in [0.3, 0.4) is 0 Å². The molecule has 0 atom stereocenters. The lowest BCUT2D eigenvalue weighted by atomic mass is 10.2. The molecule has 15 heavy (non-hydrogen) atoms. The largest absolute Gasteiger partial charge is 0.497 e. The van der Waals surface area contributed by atoms with Gasteiger partial charge in [0.25, 0.3) is 5.24 Å². The number of hydrogen-bond donors (Lipinski definition) is 0. The quantitative estimate of drug-likeness (QED) is 0.451. The predicted octanol–water partition coefficient (Wildman–Crippen LogP) is 2.00. The lowest BCUT2D eigenvalue weighted by Crippen LogP contribution is -2.02. The first-order chi connectivity index (χ1) is 7.02. The number of carbonyl (C=O) groups excluding carboxylic acids is 2. The molecule has 0 aliphatic carbocycles. The second-order valence-corrected chi connectivity index (χ2v) is 3.11. The Kier molecular flexibility index (Phi) is 3.68. The Hall–Kier alpha value is -1.55. The van der Waals surface area contributed by atoms with Gasteiger partial charge in [-0.25, -0.2) is 0 Å². The highest BCUT2D eigenvalue weighted by molar-refractivity contribution is 6.67. The van der Waals surface area contributed by atoms with E-state index < -0.39 is 11.2 Å². The maximum atomic E-state index is 10.9. The first-order valence-corrected chi connectivity index (χ1v) is 4.48. The van der Waals surface area contributed by atoms with Gasteiger partial charge in [0.1, 0.15) is 11.5 Å². The van der Waals surface area contributed by atoms with Gasteiger partial charge in [-0.3, -0.25) is 9.59 Å². The fraction of sp³-hybridized carbons (Fsp3) is 0.200. The van der Waals surface area contributed by atoms with Gasteiger partial charge in [0, 0.05) is 18.6 Å². The summed E-state index contributed by atoms with van der Waals surface area (Å²) < 4.78 is 9.74. The van der Waals surface area contributed by atoms with Crippen LogP contribution in [0.4, 0.5) is 0 Å². The van der Waals surface area contributed by atoms with Crippen LogP contribution in [0.1, 0.15) is 17.3 Å². The third kappa shape index (κ3) is 3.25. The number of esters is 1. The molecule has 0 fully saturated rings. The highest BCUT2D eigenvalue weighted by Gasteiger charge is 2.08. The number of rotatable bonds is 3. The molecular weight excluding hydrogens is 220 g/mol. The number of carbonyl (C=O) groups is 2. The number of halogens is 1. The molecule has 80 valence electrons. The summed E-state index contributed by atoms with van der Waals surface area (Å²) in [5, 5.41) is -0.637. The summed E-state index contributed by atoms with van der Waals surface area (Å²) in [4.78, 5) is 21.6. The molecule has 5 heteroatoms. The number of methoxy groups -OCH3 is 1. The first-order valence-electron chi connectivity index (χ1n) is 4.10. The van der Waals surface area contributed by atoms with Crippen LogP contribution in [0, 0.1) is 0 Å². The van der Waals surface area contributed by atoms with E-state index in [0.29, 0.717) is 5.75 Å². The highest BCUT2D eigenvalue weighted by atomic mass is 35.5. The molecule has 1 aromatic rings. The molecule has 1 rings (SSSR count). The van der Waals surface area contributed by atoms with Crippen LogP contribution in [0.25, 0.3) is 0 Å². The Bertz CT molecular complexity index is 400. The fourth-order valence-corrected chi connectivity index (χ4v) is 1.14. The Labute approximate surface area is 91.7 Å². The van der Waals surface area contributed by atoms with E-state index in [1.54, 1.807) is 0 Å². The molecule has 0 heterocycles. The number of benzene rings is 1. The van der Waals surface area contributed by atoms with Gasteiger partial charge in [-0.05, 0) is 23.7 Å². The van der Waals surface area contributed by atoms with E-state index in [9.17, 15) is 9.59 Å². The molecule has 0 bridgehead atoms. The molecule has 0 saturated carbocycles. The zero-order valence-electron chi connectivity index (χ0n) is 8.24. The standard InChI is InChI=1S/C10H9ClO4/c1-6(12)15-9-4-7(10(11)13)3-8(5-9)14-2/h3-5H,1-2H3. The second kappa shape index (κ2) is 4.79. The van der Waals surface area contributed by atoms with Crippen molar-refractivity contribution in [3.05, 3.63) is 23.8 Å². The smallest absolute Gasteiger partial charge is 0.308 e. The Morgan fingerprint density at radius 3 is 2.27 bits per heavy atom. The van der Waals surface area contributed by atoms with Gasteiger partial charge in [-0.15, -0.1) is 0 Å². The lowest BCUT2D eigenvalue weighted by molar-refractivity contribution is -0.131. The van der Waals surface area contributed by atoms with Crippen LogP contribution in [-0.2, 0) is 4.79 Å². The van der Waals surface area contributed by atoms with Crippen molar-refractivity contribution in [2.45, 2.75) is 6.92 Å². The van der Waals surface area contributed by atoms with E-state index in [1.807, 2.05) is 0 Å². The molecule has 0 aliphatic rings. The summed E-state index contributed by atoms with van der Waals surface area (Å²) in [6, 6.07) is 4.33. The van der Waals surface area contributed by atoms with Crippen LogP contribution < -0.4 is 9.47 Å². The van der Waals surface area contributed by atoms with Crippen molar-refractivity contribution < 1.29 is 19.1 Å². The zero-order valence-corrected chi connectivity index (χ0v) is 9.00. The van der Waals surface area contributed by atoms with Crippen molar-refractivity contribution in [2.75, 3.05) is 7.11 Å². The first kappa shape index (κ1) is 11.5. The van der Waals surface area contributed by atoms with E-state index in [1.165, 1.54) is 32.2 Å². The molecule has 0 amide bonds. The molecule has 1 aromatic carbocycles. The molecular formula is C10H9ClO4. The van der Waals surface area contributed by atoms with Crippen molar-refractivity contribution in [1.29, 1.82) is 0 Å². The van der Waals surface area contributed by atoms with Gasteiger partial charge in [0.2, 0.25) is 0 Å². The molecule has 0 aromatic heterocycles. The number of ether oxygens (including phenoxy) is 2. The third-order valence-corrected chi connectivity index (χ3v) is 1.82. The summed E-state index contributed by atoms with van der Waals surface area (Å²) in [6.45, 7) is 1.27. The molecule has 4 nitrogen and oxygen atoms in total. The molecule has 0 N–H and O–H groups in total. The minimum absolute atomic E-state index is 0.215. The van der Waals surface area contributed by atoms with Crippen LogP contribution >= 0.6 is 11.6 Å². The molecule has 0 radical (unpaired) electrons. The van der Waals surface area contributed by atoms with Gasteiger partial charge in [0.15, 0.2) is 0 Å². The van der Waals surface area contributed by atoms with Crippen molar-refractivity contribution in [3.63, 3.8) is 0 Å². The third-order valence-electron chi connectivity index (χ3n) is 1.60. The van der Waals surface area contributed by atoms with E-state index in [-0.39, 0.29) is 11.3 Å². The normalized spacial score (nSPS) is 9.53. The van der Waals surface area contributed by atoms with Crippen molar-refractivity contribution in [1.82, 2.24) is 0 Å². The minimum atomic E-state index is -0.637. The summed E-state index contributed by atoms with van der Waals surface area (Å²) in [6.07, 6.45) is 0. The summed E-state index contributed by atoms with van der Waals surface area (Å²) in [5.74, 6) is 0.153. The average molecular weight is 229 g/mol. The topological polar surface area (TPSA) is 52.6 Å². The van der Waals surface area contributed by atoms with Crippen molar-refractivity contribution >= 4 is 22.8 Å². The van der Waals surface area contributed by atoms with Crippen LogP contribution in [0.5, 0.6) is 11.5 Å². The Morgan fingerprint density at radius 1 is 1.20 bits per heavy atom. The summed E-state index contributed by atoms with van der Waals surface area (Å²) in [5.41, 5.74) is 0.215. The summed E-state index contributed by atoms with van der Waals surface area (Å²) in [7, 11) is 1.44. The SMILES string of the molecule is COc1cc(OC(C)=O)cc(C(=O)Cl)c1. The summed E-state index contributed by atoms with van der Waals surface area (Å²) >= 11 is 5.31. The molecule has 0 aliphatic heterocycles. The number of hydrogen-bond acceptors (Lipinski definition) is 4. The predicted molar refractivity (Wildman–Crippen MR) is 54.5 cm³/mol. The Balaban J connectivity index is 3.11. The maximum absolute atomic E-state index is 10.9.